The van der Waals surface area contributed by atoms with Crippen LogP contribution in [-0.2, 0) is 6.42 Å². The molecule has 1 nitrogen and oxygen atoms in total. The van der Waals surface area contributed by atoms with Crippen molar-refractivity contribution in [3.8, 4) is 5.75 Å². The molecule has 0 radical (unpaired) electrons. The third kappa shape index (κ3) is 8.77. The van der Waals surface area contributed by atoms with Gasteiger partial charge in [0.2, 0.25) is 0 Å². The summed E-state index contributed by atoms with van der Waals surface area (Å²) in [6.45, 7) is -0.970. The highest BCUT2D eigenvalue weighted by Crippen LogP contribution is 2.44. The van der Waals surface area contributed by atoms with Crippen LogP contribution in [0, 0.1) is 29.4 Å². The molecule has 2 aliphatic carbocycles. The van der Waals surface area contributed by atoms with Crippen molar-refractivity contribution >= 4 is 0 Å². The van der Waals surface area contributed by atoms with E-state index in [1.54, 1.807) is 5.56 Å². The standard InChI is InChI=1S/C23H35F.C7H4F4O/c1-2-3-18-4-8-20(9-5-18)22-12-14-23(15-13-22)21-10-6-19(7-11-21)16-17-24;8-4-1-2-6(5(9)3-4)12-7(10)11/h4-5,8-9,19,21-23H,2-3,6-7,10-17H2,1H3;1-3,7H. The summed E-state index contributed by atoms with van der Waals surface area (Å²) in [7, 11) is 0. The van der Waals surface area contributed by atoms with Gasteiger partial charge < -0.3 is 4.74 Å². The highest BCUT2D eigenvalue weighted by atomic mass is 19.3. The van der Waals surface area contributed by atoms with Gasteiger partial charge in [-0.1, -0.05) is 50.5 Å². The zero-order valence-corrected chi connectivity index (χ0v) is 21.2. The van der Waals surface area contributed by atoms with Crippen LogP contribution in [0.15, 0.2) is 42.5 Å². The summed E-state index contributed by atoms with van der Waals surface area (Å²) in [5, 5.41) is 0. The van der Waals surface area contributed by atoms with Gasteiger partial charge in [-0.25, -0.2) is 8.78 Å². The minimum atomic E-state index is -3.11. The molecule has 0 N–H and O–H groups in total. The molecule has 2 saturated carbocycles. The Balaban J connectivity index is 0.000000253. The summed E-state index contributed by atoms with van der Waals surface area (Å²) in [5.74, 6) is 0.723. The van der Waals surface area contributed by atoms with Gasteiger partial charge in [0.05, 0.1) is 6.67 Å². The zero-order valence-electron chi connectivity index (χ0n) is 21.2. The molecule has 2 aromatic carbocycles. The van der Waals surface area contributed by atoms with Crippen LogP contribution in [0.25, 0.3) is 0 Å². The minimum absolute atomic E-state index is 0.114. The Labute approximate surface area is 212 Å². The van der Waals surface area contributed by atoms with Crippen LogP contribution in [0.5, 0.6) is 5.75 Å². The lowest BCUT2D eigenvalue weighted by molar-refractivity contribution is -0.0522. The molecule has 4 rings (SSSR count). The zero-order chi connectivity index (χ0) is 25.9. The normalized spacial score (nSPS) is 24.2. The number of benzene rings is 2. The predicted octanol–water partition coefficient (Wildman–Crippen LogP) is 9.65. The molecule has 0 aliphatic heterocycles. The van der Waals surface area contributed by atoms with Gasteiger partial charge >= 0.3 is 6.61 Å². The summed E-state index contributed by atoms with van der Waals surface area (Å²) in [5.41, 5.74) is 3.06. The topological polar surface area (TPSA) is 9.23 Å². The first-order valence-corrected chi connectivity index (χ1v) is 13.4. The number of aryl methyl sites for hydroxylation is 1. The van der Waals surface area contributed by atoms with Crippen LogP contribution in [0.1, 0.15) is 88.2 Å². The van der Waals surface area contributed by atoms with Gasteiger partial charge in [-0.2, -0.15) is 8.78 Å². The molecular formula is C30H39F5O. The number of alkyl halides is 3. The molecule has 0 bridgehead atoms. The molecule has 0 aromatic heterocycles. The Morgan fingerprint density at radius 2 is 1.44 bits per heavy atom. The molecule has 0 saturated heterocycles. The summed E-state index contributed by atoms with van der Waals surface area (Å²) in [6.07, 6.45) is 14.1. The van der Waals surface area contributed by atoms with Gasteiger partial charge in [0.1, 0.15) is 5.82 Å². The molecule has 0 heterocycles. The van der Waals surface area contributed by atoms with E-state index in [2.05, 4.69) is 35.9 Å². The van der Waals surface area contributed by atoms with E-state index in [9.17, 15) is 22.0 Å². The van der Waals surface area contributed by atoms with E-state index >= 15 is 0 Å². The van der Waals surface area contributed by atoms with Crippen molar-refractivity contribution in [1.82, 2.24) is 0 Å². The van der Waals surface area contributed by atoms with E-state index < -0.39 is 24.0 Å². The van der Waals surface area contributed by atoms with E-state index in [0.29, 0.717) is 12.0 Å². The molecule has 2 aromatic rings. The maximum absolute atomic E-state index is 12.5. The lowest BCUT2D eigenvalue weighted by Crippen LogP contribution is -2.25. The Morgan fingerprint density at radius 1 is 0.833 bits per heavy atom. The Hall–Kier alpha value is -2.11. The van der Waals surface area contributed by atoms with Crippen LogP contribution < -0.4 is 4.74 Å². The van der Waals surface area contributed by atoms with Gasteiger partial charge in [-0.05, 0) is 98.3 Å². The quantitative estimate of drug-likeness (QED) is 0.321. The predicted molar refractivity (Wildman–Crippen MR) is 134 cm³/mol. The maximum Gasteiger partial charge on any atom is 0.387 e. The molecular weight excluding hydrogens is 471 g/mol. The van der Waals surface area contributed by atoms with Crippen LogP contribution in [-0.4, -0.2) is 13.3 Å². The first kappa shape index (κ1) is 28.5. The minimum Gasteiger partial charge on any atom is -0.432 e. The Morgan fingerprint density at radius 3 is 1.97 bits per heavy atom. The van der Waals surface area contributed by atoms with Crippen molar-refractivity contribution in [1.29, 1.82) is 0 Å². The summed E-state index contributed by atoms with van der Waals surface area (Å²) >= 11 is 0. The van der Waals surface area contributed by atoms with Gasteiger partial charge in [0.25, 0.3) is 0 Å². The molecule has 36 heavy (non-hydrogen) atoms. The van der Waals surface area contributed by atoms with E-state index in [1.807, 2.05) is 0 Å². The van der Waals surface area contributed by atoms with Crippen LogP contribution in [0.3, 0.4) is 0 Å². The first-order chi connectivity index (χ1) is 17.4. The number of hydrogen-bond acceptors (Lipinski definition) is 1. The second-order valence-corrected chi connectivity index (χ2v) is 10.3. The van der Waals surface area contributed by atoms with E-state index in [0.717, 1.165) is 36.3 Å². The maximum atomic E-state index is 12.5. The fraction of sp³-hybridized carbons (Fsp3) is 0.600. The third-order valence-corrected chi connectivity index (χ3v) is 7.95. The second kappa shape index (κ2) is 14.6. The average molecular weight is 511 g/mol. The third-order valence-electron chi connectivity index (χ3n) is 7.95. The molecule has 0 amide bonds. The molecule has 0 atom stereocenters. The van der Waals surface area contributed by atoms with Gasteiger partial charge in [-0.3, -0.25) is 4.39 Å². The van der Waals surface area contributed by atoms with E-state index in [-0.39, 0.29) is 6.67 Å². The summed E-state index contributed by atoms with van der Waals surface area (Å²) in [4.78, 5) is 0. The Kier molecular flexibility index (Phi) is 11.5. The SMILES string of the molecule is CCCc1ccc(C2CCC(C3CCC(CCF)CC3)CC2)cc1.Fc1ccc(OC(F)F)c(F)c1. The van der Waals surface area contributed by atoms with Crippen molar-refractivity contribution in [2.24, 2.45) is 17.8 Å². The summed E-state index contributed by atoms with van der Waals surface area (Å²) in [6, 6.07) is 11.6. The molecule has 6 heteroatoms. The number of ether oxygens (including phenoxy) is 1. The molecule has 2 fully saturated rings. The molecule has 0 spiro atoms. The number of hydrogen-bond donors (Lipinski definition) is 0. The largest absolute Gasteiger partial charge is 0.432 e. The van der Waals surface area contributed by atoms with Crippen LogP contribution >= 0.6 is 0 Å². The van der Waals surface area contributed by atoms with Gasteiger partial charge in [0.15, 0.2) is 11.6 Å². The van der Waals surface area contributed by atoms with Crippen LogP contribution in [0.2, 0.25) is 0 Å². The van der Waals surface area contributed by atoms with Crippen molar-refractivity contribution in [3.05, 3.63) is 65.2 Å². The Bertz CT molecular complexity index is 885. The number of halogens is 5. The van der Waals surface area contributed by atoms with Gasteiger partial charge in [0, 0.05) is 6.07 Å². The van der Waals surface area contributed by atoms with Crippen LogP contribution in [0.4, 0.5) is 22.0 Å². The van der Waals surface area contributed by atoms with Crippen molar-refractivity contribution in [3.63, 3.8) is 0 Å². The average Bonchev–Trinajstić information content (AvgIpc) is 2.88. The smallest absolute Gasteiger partial charge is 0.387 e. The monoisotopic (exact) mass is 510 g/mol. The highest BCUT2D eigenvalue weighted by molar-refractivity contribution is 5.26. The molecule has 0 unspecified atom stereocenters. The van der Waals surface area contributed by atoms with Crippen molar-refractivity contribution < 1.29 is 26.7 Å². The van der Waals surface area contributed by atoms with E-state index in [1.165, 1.54) is 69.8 Å². The fourth-order valence-electron chi connectivity index (χ4n) is 5.94. The number of rotatable bonds is 8. The molecule has 2 aliphatic rings. The lowest BCUT2D eigenvalue weighted by atomic mass is 9.68. The first-order valence-electron chi connectivity index (χ1n) is 13.4. The van der Waals surface area contributed by atoms with Crippen molar-refractivity contribution in [2.45, 2.75) is 90.1 Å². The second-order valence-electron chi connectivity index (χ2n) is 10.3. The molecule has 200 valence electrons. The fourth-order valence-corrected chi connectivity index (χ4v) is 5.94. The van der Waals surface area contributed by atoms with E-state index in [4.69, 9.17) is 0 Å². The highest BCUT2D eigenvalue weighted by Gasteiger charge is 2.31. The lowest BCUT2D eigenvalue weighted by Gasteiger charge is -2.38. The summed E-state index contributed by atoms with van der Waals surface area (Å²) < 4.78 is 64.0. The van der Waals surface area contributed by atoms with Crippen molar-refractivity contribution in [2.75, 3.05) is 6.67 Å². The van der Waals surface area contributed by atoms with Gasteiger partial charge in [-0.15, -0.1) is 0 Å².